The fourth-order valence-electron chi connectivity index (χ4n) is 1.19. The van der Waals surface area contributed by atoms with E-state index >= 15 is 0 Å². The standard InChI is InChI=1S/C9H17N3O3S/c1-4-15-6-7(2)12-16(13,14)9-5-10-8(3)11-9/h5,7,12H,4,6H2,1-3H3,(H,10,11). The zero-order valence-electron chi connectivity index (χ0n) is 9.65. The van der Waals surface area contributed by atoms with Gasteiger partial charge < -0.3 is 9.72 Å². The van der Waals surface area contributed by atoms with Crippen LogP contribution in [0.25, 0.3) is 0 Å². The van der Waals surface area contributed by atoms with Gasteiger partial charge >= 0.3 is 0 Å². The molecular weight excluding hydrogens is 230 g/mol. The molecule has 0 aromatic carbocycles. The maximum Gasteiger partial charge on any atom is 0.257 e. The Hall–Kier alpha value is -0.920. The molecule has 0 amide bonds. The molecule has 0 aliphatic carbocycles. The van der Waals surface area contributed by atoms with Crippen molar-refractivity contribution in [3.8, 4) is 0 Å². The molecule has 0 aliphatic rings. The summed E-state index contributed by atoms with van der Waals surface area (Å²) in [6.07, 6.45) is 1.30. The molecule has 1 atom stereocenters. The minimum atomic E-state index is -3.52. The van der Waals surface area contributed by atoms with Crippen molar-refractivity contribution in [2.24, 2.45) is 0 Å². The van der Waals surface area contributed by atoms with Gasteiger partial charge in [-0.2, -0.15) is 0 Å². The molecule has 1 rings (SSSR count). The Morgan fingerprint density at radius 2 is 2.31 bits per heavy atom. The number of hydrogen-bond donors (Lipinski definition) is 2. The molecule has 0 bridgehead atoms. The summed E-state index contributed by atoms with van der Waals surface area (Å²) in [6.45, 7) is 6.22. The van der Waals surface area contributed by atoms with Crippen LogP contribution in [0, 0.1) is 6.92 Å². The topological polar surface area (TPSA) is 84.1 Å². The Morgan fingerprint density at radius 3 is 2.81 bits per heavy atom. The van der Waals surface area contributed by atoms with E-state index in [9.17, 15) is 8.42 Å². The molecule has 1 aromatic heterocycles. The van der Waals surface area contributed by atoms with Crippen molar-refractivity contribution in [1.29, 1.82) is 0 Å². The van der Waals surface area contributed by atoms with Gasteiger partial charge in [0.1, 0.15) is 5.82 Å². The Labute approximate surface area is 95.5 Å². The maximum atomic E-state index is 11.8. The first-order valence-corrected chi connectivity index (χ1v) is 6.55. The average molecular weight is 247 g/mol. The highest BCUT2D eigenvalue weighted by Gasteiger charge is 2.19. The lowest BCUT2D eigenvalue weighted by Gasteiger charge is -2.12. The third kappa shape index (κ3) is 3.58. The largest absolute Gasteiger partial charge is 0.380 e. The number of imidazole rings is 1. The first-order chi connectivity index (χ1) is 7.45. The molecular formula is C9H17N3O3S. The normalized spacial score (nSPS) is 13.9. The Kier molecular flexibility index (Phi) is 4.45. The fourth-order valence-corrected chi connectivity index (χ4v) is 2.39. The average Bonchev–Trinajstić information content (AvgIpc) is 2.62. The van der Waals surface area contributed by atoms with Crippen molar-refractivity contribution < 1.29 is 13.2 Å². The van der Waals surface area contributed by atoms with Crippen molar-refractivity contribution >= 4 is 10.0 Å². The van der Waals surface area contributed by atoms with Crippen LogP contribution in [-0.2, 0) is 14.8 Å². The number of aryl methyl sites for hydroxylation is 1. The highest BCUT2D eigenvalue weighted by molar-refractivity contribution is 7.89. The number of hydrogen-bond acceptors (Lipinski definition) is 4. The highest BCUT2D eigenvalue weighted by Crippen LogP contribution is 2.05. The van der Waals surface area contributed by atoms with E-state index in [-0.39, 0.29) is 11.1 Å². The molecule has 16 heavy (non-hydrogen) atoms. The lowest BCUT2D eigenvalue weighted by atomic mass is 10.4. The van der Waals surface area contributed by atoms with Crippen molar-refractivity contribution in [1.82, 2.24) is 14.7 Å². The van der Waals surface area contributed by atoms with E-state index in [0.717, 1.165) is 0 Å². The quantitative estimate of drug-likeness (QED) is 0.763. The Bertz CT molecular complexity index is 427. The number of aromatic nitrogens is 2. The fraction of sp³-hybridized carbons (Fsp3) is 0.667. The number of aromatic amines is 1. The first-order valence-electron chi connectivity index (χ1n) is 5.07. The van der Waals surface area contributed by atoms with Crippen LogP contribution in [0.1, 0.15) is 19.7 Å². The number of nitrogens with zero attached hydrogens (tertiary/aromatic N) is 1. The van der Waals surface area contributed by atoms with E-state index in [4.69, 9.17) is 4.74 Å². The van der Waals surface area contributed by atoms with Crippen LogP contribution in [0.5, 0.6) is 0 Å². The van der Waals surface area contributed by atoms with E-state index in [2.05, 4.69) is 14.7 Å². The molecule has 0 fully saturated rings. The van der Waals surface area contributed by atoms with E-state index < -0.39 is 10.0 Å². The summed E-state index contributed by atoms with van der Waals surface area (Å²) in [4.78, 5) is 6.52. The van der Waals surface area contributed by atoms with Crippen LogP contribution in [0.3, 0.4) is 0 Å². The van der Waals surface area contributed by atoms with Gasteiger partial charge in [0.25, 0.3) is 10.0 Å². The Balaban J connectivity index is 2.65. The molecule has 0 saturated heterocycles. The molecule has 7 heteroatoms. The molecule has 0 aliphatic heterocycles. The Morgan fingerprint density at radius 1 is 1.62 bits per heavy atom. The van der Waals surface area contributed by atoms with Gasteiger partial charge in [-0.1, -0.05) is 0 Å². The second-order valence-electron chi connectivity index (χ2n) is 3.51. The molecule has 2 N–H and O–H groups in total. The van der Waals surface area contributed by atoms with E-state index in [1.807, 2.05) is 6.92 Å². The van der Waals surface area contributed by atoms with Crippen LogP contribution in [0.4, 0.5) is 0 Å². The number of rotatable bonds is 6. The van der Waals surface area contributed by atoms with Gasteiger partial charge in [-0.3, -0.25) is 0 Å². The number of H-pyrrole nitrogens is 1. The maximum absolute atomic E-state index is 11.8. The monoisotopic (exact) mass is 247 g/mol. The molecule has 0 radical (unpaired) electrons. The van der Waals surface area contributed by atoms with Crippen molar-refractivity contribution in [2.75, 3.05) is 13.2 Å². The minimum Gasteiger partial charge on any atom is -0.380 e. The third-order valence-corrected chi connectivity index (χ3v) is 3.40. The second-order valence-corrected chi connectivity index (χ2v) is 5.20. The molecule has 92 valence electrons. The highest BCUT2D eigenvalue weighted by atomic mass is 32.2. The minimum absolute atomic E-state index is 0.0772. The third-order valence-electron chi connectivity index (χ3n) is 1.90. The number of ether oxygens (including phenoxy) is 1. The van der Waals surface area contributed by atoms with Crippen LogP contribution < -0.4 is 4.72 Å². The van der Waals surface area contributed by atoms with E-state index in [0.29, 0.717) is 19.0 Å². The summed E-state index contributed by atoms with van der Waals surface area (Å²) in [7, 11) is -3.52. The lowest BCUT2D eigenvalue weighted by Crippen LogP contribution is -2.36. The zero-order chi connectivity index (χ0) is 12.2. The van der Waals surface area contributed by atoms with Crippen molar-refractivity contribution in [2.45, 2.75) is 31.8 Å². The van der Waals surface area contributed by atoms with Gasteiger partial charge in [-0.15, -0.1) is 0 Å². The molecule has 1 heterocycles. The summed E-state index contributed by atoms with van der Waals surface area (Å²) in [5.74, 6) is 0.567. The van der Waals surface area contributed by atoms with E-state index in [1.54, 1.807) is 13.8 Å². The molecule has 6 nitrogen and oxygen atoms in total. The second kappa shape index (κ2) is 5.42. The number of sulfonamides is 1. The summed E-state index contributed by atoms with van der Waals surface area (Å²) in [5.41, 5.74) is 0. The van der Waals surface area contributed by atoms with Gasteiger partial charge in [0.05, 0.1) is 12.8 Å². The van der Waals surface area contributed by atoms with Gasteiger partial charge in [0.15, 0.2) is 5.03 Å². The van der Waals surface area contributed by atoms with Gasteiger partial charge in [-0.25, -0.2) is 18.1 Å². The van der Waals surface area contributed by atoms with Crippen molar-refractivity contribution in [3.63, 3.8) is 0 Å². The molecule has 0 saturated carbocycles. The number of nitrogens with one attached hydrogen (secondary N) is 2. The van der Waals surface area contributed by atoms with Gasteiger partial charge in [-0.05, 0) is 20.8 Å². The van der Waals surface area contributed by atoms with Crippen LogP contribution in [0.15, 0.2) is 11.2 Å². The van der Waals surface area contributed by atoms with Gasteiger partial charge in [0, 0.05) is 12.6 Å². The SMILES string of the molecule is CCOCC(C)NS(=O)(=O)c1cnc(C)[nH]1. The first kappa shape index (κ1) is 13.1. The molecule has 1 unspecified atom stereocenters. The van der Waals surface area contributed by atoms with Crippen LogP contribution in [-0.4, -0.2) is 37.6 Å². The predicted octanol–water partition coefficient (Wildman–Crippen LogP) is 0.421. The van der Waals surface area contributed by atoms with Gasteiger partial charge in [0.2, 0.25) is 0 Å². The summed E-state index contributed by atoms with van der Waals surface area (Å²) < 4.78 is 31.2. The zero-order valence-corrected chi connectivity index (χ0v) is 10.5. The summed E-state index contributed by atoms with van der Waals surface area (Å²) in [5, 5.41) is 0.0772. The lowest BCUT2D eigenvalue weighted by molar-refractivity contribution is 0.133. The van der Waals surface area contributed by atoms with Crippen LogP contribution >= 0.6 is 0 Å². The van der Waals surface area contributed by atoms with E-state index in [1.165, 1.54) is 6.20 Å². The van der Waals surface area contributed by atoms with Crippen molar-refractivity contribution in [3.05, 3.63) is 12.0 Å². The molecule has 0 spiro atoms. The smallest absolute Gasteiger partial charge is 0.257 e. The predicted molar refractivity (Wildman–Crippen MR) is 59.6 cm³/mol. The summed E-state index contributed by atoms with van der Waals surface area (Å²) in [6, 6.07) is -0.270. The summed E-state index contributed by atoms with van der Waals surface area (Å²) >= 11 is 0. The van der Waals surface area contributed by atoms with Crippen LogP contribution in [0.2, 0.25) is 0 Å². The molecule has 1 aromatic rings.